The molecule has 3 heteroatoms. The highest BCUT2D eigenvalue weighted by Crippen LogP contribution is 2.25. The van der Waals surface area contributed by atoms with E-state index in [0.29, 0.717) is 0 Å². The molecule has 0 aliphatic rings. The van der Waals surface area contributed by atoms with Crippen LogP contribution in [-0.2, 0) is 13.1 Å². The molecule has 0 amide bonds. The van der Waals surface area contributed by atoms with Gasteiger partial charge in [0.15, 0.2) is 0 Å². The molecule has 0 spiro atoms. The van der Waals surface area contributed by atoms with Gasteiger partial charge in [-0.15, -0.1) is 0 Å². The van der Waals surface area contributed by atoms with Crippen molar-refractivity contribution >= 4 is 17.3 Å². The Balaban J connectivity index is 2.13. The molecule has 1 aromatic carbocycles. The van der Waals surface area contributed by atoms with Gasteiger partial charge < -0.3 is 9.88 Å². The van der Waals surface area contributed by atoms with Gasteiger partial charge in [0, 0.05) is 18.4 Å². The van der Waals surface area contributed by atoms with Gasteiger partial charge in [-0.05, 0) is 37.6 Å². The SMILES string of the molecule is CCn1cccc1CNc1c(C)cccc1Cl. The maximum atomic E-state index is 6.17. The number of hydrogen-bond acceptors (Lipinski definition) is 1. The number of hydrogen-bond donors (Lipinski definition) is 1. The zero-order valence-electron chi connectivity index (χ0n) is 10.2. The van der Waals surface area contributed by atoms with Gasteiger partial charge in [0.05, 0.1) is 17.3 Å². The Morgan fingerprint density at radius 1 is 1.24 bits per heavy atom. The average molecular weight is 249 g/mol. The zero-order chi connectivity index (χ0) is 12.3. The van der Waals surface area contributed by atoms with Gasteiger partial charge in [-0.3, -0.25) is 0 Å². The predicted octanol–water partition coefficient (Wildman–Crippen LogP) is 4.08. The van der Waals surface area contributed by atoms with E-state index >= 15 is 0 Å². The van der Waals surface area contributed by atoms with Crippen molar-refractivity contribution in [3.05, 3.63) is 52.8 Å². The summed E-state index contributed by atoms with van der Waals surface area (Å²) >= 11 is 6.17. The molecule has 2 aromatic rings. The van der Waals surface area contributed by atoms with Crippen LogP contribution in [0.5, 0.6) is 0 Å². The number of aryl methyl sites for hydroxylation is 2. The molecule has 0 bridgehead atoms. The van der Waals surface area contributed by atoms with Crippen LogP contribution in [0.3, 0.4) is 0 Å². The molecule has 0 atom stereocenters. The average Bonchev–Trinajstić information content (AvgIpc) is 2.76. The van der Waals surface area contributed by atoms with Crippen molar-refractivity contribution in [2.75, 3.05) is 5.32 Å². The van der Waals surface area contributed by atoms with E-state index in [9.17, 15) is 0 Å². The van der Waals surface area contributed by atoms with Crippen molar-refractivity contribution in [2.45, 2.75) is 26.9 Å². The van der Waals surface area contributed by atoms with Crippen LogP contribution in [0.4, 0.5) is 5.69 Å². The number of rotatable bonds is 4. The largest absolute Gasteiger partial charge is 0.378 e. The summed E-state index contributed by atoms with van der Waals surface area (Å²) in [7, 11) is 0. The van der Waals surface area contributed by atoms with Crippen LogP contribution in [0, 0.1) is 6.92 Å². The van der Waals surface area contributed by atoms with E-state index < -0.39 is 0 Å². The monoisotopic (exact) mass is 248 g/mol. The third-order valence-electron chi connectivity index (χ3n) is 2.93. The Hall–Kier alpha value is -1.41. The van der Waals surface area contributed by atoms with Gasteiger partial charge >= 0.3 is 0 Å². The summed E-state index contributed by atoms with van der Waals surface area (Å²) in [6, 6.07) is 10.1. The van der Waals surface area contributed by atoms with E-state index in [1.54, 1.807) is 0 Å². The molecule has 90 valence electrons. The number of halogens is 1. The molecule has 0 aliphatic heterocycles. The van der Waals surface area contributed by atoms with Gasteiger partial charge in [0.1, 0.15) is 0 Å². The maximum Gasteiger partial charge on any atom is 0.0640 e. The normalized spacial score (nSPS) is 10.5. The summed E-state index contributed by atoms with van der Waals surface area (Å²) in [5, 5.41) is 4.18. The summed E-state index contributed by atoms with van der Waals surface area (Å²) < 4.78 is 2.22. The summed E-state index contributed by atoms with van der Waals surface area (Å²) in [6.07, 6.45) is 2.09. The second kappa shape index (κ2) is 5.28. The van der Waals surface area contributed by atoms with Crippen LogP contribution in [0.1, 0.15) is 18.2 Å². The number of anilines is 1. The van der Waals surface area contributed by atoms with Crippen molar-refractivity contribution in [3.63, 3.8) is 0 Å². The predicted molar refractivity (Wildman–Crippen MR) is 73.6 cm³/mol. The third-order valence-corrected chi connectivity index (χ3v) is 3.25. The van der Waals surface area contributed by atoms with Crippen LogP contribution in [0.2, 0.25) is 5.02 Å². The quantitative estimate of drug-likeness (QED) is 0.863. The Kier molecular flexibility index (Phi) is 3.75. The fourth-order valence-corrected chi connectivity index (χ4v) is 2.24. The first-order chi connectivity index (χ1) is 8.22. The topological polar surface area (TPSA) is 17.0 Å². The third kappa shape index (κ3) is 2.64. The molecule has 0 saturated heterocycles. The molecular weight excluding hydrogens is 232 g/mol. The van der Waals surface area contributed by atoms with Crippen LogP contribution < -0.4 is 5.32 Å². The fourth-order valence-electron chi connectivity index (χ4n) is 1.95. The lowest BCUT2D eigenvalue weighted by Crippen LogP contribution is -2.07. The van der Waals surface area contributed by atoms with Crippen molar-refractivity contribution in [1.29, 1.82) is 0 Å². The first-order valence-corrected chi connectivity index (χ1v) is 6.23. The van der Waals surface area contributed by atoms with Crippen molar-refractivity contribution in [2.24, 2.45) is 0 Å². The molecular formula is C14H17ClN2. The lowest BCUT2D eigenvalue weighted by Gasteiger charge is -2.12. The van der Waals surface area contributed by atoms with Crippen LogP contribution in [0.25, 0.3) is 0 Å². The van der Waals surface area contributed by atoms with E-state index in [1.165, 1.54) is 11.3 Å². The summed E-state index contributed by atoms with van der Waals surface area (Å²) in [5.41, 5.74) is 3.47. The smallest absolute Gasteiger partial charge is 0.0640 e. The standard InChI is InChI=1S/C14H17ClN2/c1-3-17-9-5-7-12(17)10-16-14-11(2)6-4-8-13(14)15/h4-9,16H,3,10H2,1-2H3. The molecule has 1 aromatic heterocycles. The molecule has 0 fully saturated rings. The molecule has 1 heterocycles. The molecule has 0 unspecified atom stereocenters. The summed E-state index contributed by atoms with van der Waals surface area (Å²) in [4.78, 5) is 0. The molecule has 2 rings (SSSR count). The van der Waals surface area contributed by atoms with Gasteiger partial charge in [-0.1, -0.05) is 23.7 Å². The molecule has 2 nitrogen and oxygen atoms in total. The second-order valence-electron chi connectivity index (χ2n) is 4.07. The van der Waals surface area contributed by atoms with E-state index in [0.717, 1.165) is 23.8 Å². The Bertz CT molecular complexity index is 482. The first kappa shape index (κ1) is 12.1. The van der Waals surface area contributed by atoms with Crippen LogP contribution in [0.15, 0.2) is 36.5 Å². The molecule has 0 aliphatic carbocycles. The minimum Gasteiger partial charge on any atom is -0.378 e. The van der Waals surface area contributed by atoms with E-state index in [-0.39, 0.29) is 0 Å². The van der Waals surface area contributed by atoms with E-state index in [2.05, 4.69) is 48.1 Å². The van der Waals surface area contributed by atoms with Gasteiger partial charge in [0.25, 0.3) is 0 Å². The Labute approximate surface area is 107 Å². The Morgan fingerprint density at radius 3 is 2.76 bits per heavy atom. The maximum absolute atomic E-state index is 6.17. The minimum absolute atomic E-state index is 0.777. The number of nitrogens with zero attached hydrogens (tertiary/aromatic N) is 1. The lowest BCUT2D eigenvalue weighted by molar-refractivity contribution is 0.724. The van der Waals surface area contributed by atoms with E-state index in [4.69, 9.17) is 11.6 Å². The van der Waals surface area contributed by atoms with Crippen LogP contribution >= 0.6 is 11.6 Å². The van der Waals surface area contributed by atoms with Crippen molar-refractivity contribution in [1.82, 2.24) is 4.57 Å². The van der Waals surface area contributed by atoms with Gasteiger partial charge in [0.2, 0.25) is 0 Å². The van der Waals surface area contributed by atoms with Crippen LogP contribution in [-0.4, -0.2) is 4.57 Å². The number of nitrogens with one attached hydrogen (secondary N) is 1. The lowest BCUT2D eigenvalue weighted by atomic mass is 10.2. The highest BCUT2D eigenvalue weighted by molar-refractivity contribution is 6.33. The van der Waals surface area contributed by atoms with Crippen molar-refractivity contribution < 1.29 is 0 Å². The Morgan fingerprint density at radius 2 is 2.06 bits per heavy atom. The van der Waals surface area contributed by atoms with Gasteiger partial charge in [-0.25, -0.2) is 0 Å². The zero-order valence-corrected chi connectivity index (χ0v) is 11.0. The fraction of sp³-hybridized carbons (Fsp3) is 0.286. The highest BCUT2D eigenvalue weighted by Gasteiger charge is 2.04. The second-order valence-corrected chi connectivity index (χ2v) is 4.48. The first-order valence-electron chi connectivity index (χ1n) is 5.85. The summed E-state index contributed by atoms with van der Waals surface area (Å²) in [5.74, 6) is 0. The number of aromatic nitrogens is 1. The number of para-hydroxylation sites is 1. The van der Waals surface area contributed by atoms with Gasteiger partial charge in [-0.2, -0.15) is 0 Å². The summed E-state index contributed by atoms with van der Waals surface area (Å²) in [6.45, 7) is 5.99. The van der Waals surface area contributed by atoms with Crippen molar-refractivity contribution in [3.8, 4) is 0 Å². The molecule has 0 saturated carbocycles. The number of benzene rings is 1. The molecule has 0 radical (unpaired) electrons. The molecule has 17 heavy (non-hydrogen) atoms. The highest BCUT2D eigenvalue weighted by atomic mass is 35.5. The molecule has 1 N–H and O–H groups in total. The van der Waals surface area contributed by atoms with E-state index in [1.807, 2.05) is 12.1 Å². The minimum atomic E-state index is 0.777.